The van der Waals surface area contributed by atoms with Gasteiger partial charge >= 0.3 is 0 Å². The first-order valence-electron chi connectivity index (χ1n) is 5.44. The van der Waals surface area contributed by atoms with E-state index in [1.165, 1.54) is 6.20 Å². The van der Waals surface area contributed by atoms with E-state index in [0.717, 1.165) is 9.15 Å². The average molecular weight is 377 g/mol. The van der Waals surface area contributed by atoms with Crippen molar-refractivity contribution in [3.05, 3.63) is 55.3 Å². The van der Waals surface area contributed by atoms with Crippen molar-refractivity contribution < 1.29 is 4.79 Å². The lowest BCUT2D eigenvalue weighted by Crippen LogP contribution is -2.29. The summed E-state index contributed by atoms with van der Waals surface area (Å²) in [7, 11) is 0. The van der Waals surface area contributed by atoms with Crippen LogP contribution < -0.4 is 10.9 Å². The molecule has 0 aliphatic rings. The fourth-order valence-corrected chi connectivity index (χ4v) is 2.10. The molecule has 0 aliphatic heterocycles. The molecule has 0 fully saturated rings. The molecule has 0 saturated heterocycles. The van der Waals surface area contributed by atoms with Crippen LogP contribution in [-0.4, -0.2) is 15.7 Å². The Labute approximate surface area is 132 Å². The molecule has 0 unspecified atom stereocenters. The Kier molecular flexibility index (Phi) is 4.80. The van der Waals surface area contributed by atoms with Gasteiger partial charge in [-0.2, -0.15) is 5.10 Å². The summed E-state index contributed by atoms with van der Waals surface area (Å²) in [5.41, 5.74) is -0.00736. The highest BCUT2D eigenvalue weighted by molar-refractivity contribution is 9.10. The topological polar surface area (TPSA) is 64.0 Å². The molecule has 1 aromatic carbocycles. The summed E-state index contributed by atoms with van der Waals surface area (Å²) in [4.78, 5) is 23.6. The number of rotatable bonds is 3. The van der Waals surface area contributed by atoms with Crippen LogP contribution in [0.5, 0.6) is 0 Å². The van der Waals surface area contributed by atoms with Crippen LogP contribution in [0.2, 0.25) is 10.0 Å². The van der Waals surface area contributed by atoms with E-state index in [-0.39, 0.29) is 16.6 Å². The van der Waals surface area contributed by atoms with Crippen molar-refractivity contribution in [3.63, 3.8) is 0 Å². The molecule has 2 rings (SSSR count). The first-order chi connectivity index (χ1) is 9.49. The van der Waals surface area contributed by atoms with Gasteiger partial charge in [-0.15, -0.1) is 0 Å². The number of nitrogens with one attached hydrogen (secondary N) is 1. The van der Waals surface area contributed by atoms with Gasteiger partial charge in [-0.25, -0.2) is 4.68 Å². The van der Waals surface area contributed by atoms with Crippen LogP contribution in [0, 0.1) is 0 Å². The first-order valence-corrected chi connectivity index (χ1v) is 6.99. The minimum atomic E-state index is -0.610. The van der Waals surface area contributed by atoms with Gasteiger partial charge in [0.15, 0.2) is 0 Å². The van der Waals surface area contributed by atoms with Crippen molar-refractivity contribution in [1.29, 1.82) is 0 Å². The third-order valence-electron chi connectivity index (χ3n) is 2.38. The standard InChI is InChI=1S/C12H8BrCl2N3O2/c13-7-3-1-2-4-9(7)17-10(19)6-18-12(20)11(15)8(14)5-16-18/h1-5H,6H2,(H,17,19). The molecule has 0 radical (unpaired) electrons. The number of amides is 1. The van der Waals surface area contributed by atoms with Crippen LogP contribution in [-0.2, 0) is 11.3 Å². The molecule has 0 aliphatic carbocycles. The lowest BCUT2D eigenvalue weighted by molar-refractivity contribution is -0.117. The molecule has 5 nitrogen and oxygen atoms in total. The second-order valence-corrected chi connectivity index (χ2v) is 5.44. The molecule has 20 heavy (non-hydrogen) atoms. The smallest absolute Gasteiger partial charge is 0.287 e. The Bertz CT molecular complexity index is 718. The SMILES string of the molecule is O=C(Cn1ncc(Cl)c(Cl)c1=O)Nc1ccccc1Br. The van der Waals surface area contributed by atoms with Crippen LogP contribution >= 0.6 is 39.1 Å². The second-order valence-electron chi connectivity index (χ2n) is 3.80. The molecule has 1 heterocycles. The highest BCUT2D eigenvalue weighted by Gasteiger charge is 2.11. The third-order valence-corrected chi connectivity index (χ3v) is 3.82. The lowest BCUT2D eigenvalue weighted by atomic mass is 10.3. The van der Waals surface area contributed by atoms with Crippen LogP contribution in [0.25, 0.3) is 0 Å². The zero-order valence-corrected chi connectivity index (χ0v) is 13.0. The van der Waals surface area contributed by atoms with E-state index in [2.05, 4.69) is 26.3 Å². The molecule has 0 saturated carbocycles. The van der Waals surface area contributed by atoms with E-state index in [1.807, 2.05) is 6.07 Å². The van der Waals surface area contributed by atoms with Crippen LogP contribution in [0.15, 0.2) is 39.7 Å². The van der Waals surface area contributed by atoms with E-state index in [4.69, 9.17) is 23.2 Å². The van der Waals surface area contributed by atoms with E-state index in [0.29, 0.717) is 5.69 Å². The zero-order chi connectivity index (χ0) is 14.7. The maximum absolute atomic E-state index is 11.9. The maximum Gasteiger partial charge on any atom is 0.287 e. The fraction of sp³-hybridized carbons (Fsp3) is 0.0833. The van der Waals surface area contributed by atoms with Crippen molar-refractivity contribution >= 4 is 50.7 Å². The van der Waals surface area contributed by atoms with Gasteiger partial charge in [-0.1, -0.05) is 35.3 Å². The minimum absolute atomic E-state index is 0.0547. The summed E-state index contributed by atoms with van der Waals surface area (Å²) in [6, 6.07) is 7.13. The number of hydrogen-bond acceptors (Lipinski definition) is 3. The first kappa shape index (κ1) is 15.0. The Morgan fingerprint density at radius 1 is 1.35 bits per heavy atom. The largest absolute Gasteiger partial charge is 0.323 e. The Hall–Kier alpha value is -1.37. The second kappa shape index (κ2) is 6.39. The van der Waals surface area contributed by atoms with Crippen molar-refractivity contribution in [2.24, 2.45) is 0 Å². The normalized spacial score (nSPS) is 10.3. The van der Waals surface area contributed by atoms with E-state index >= 15 is 0 Å². The number of aromatic nitrogens is 2. The Morgan fingerprint density at radius 3 is 2.75 bits per heavy atom. The van der Waals surface area contributed by atoms with Gasteiger partial charge in [0.25, 0.3) is 5.56 Å². The Morgan fingerprint density at radius 2 is 2.05 bits per heavy atom. The number of para-hydroxylation sites is 1. The minimum Gasteiger partial charge on any atom is -0.323 e. The number of carbonyl (C=O) groups excluding carboxylic acids is 1. The van der Waals surface area contributed by atoms with Gasteiger partial charge < -0.3 is 5.32 Å². The van der Waals surface area contributed by atoms with Gasteiger partial charge in [0, 0.05) is 4.47 Å². The molecule has 0 bridgehead atoms. The summed E-state index contributed by atoms with van der Waals surface area (Å²) in [5, 5.41) is 6.31. The van der Waals surface area contributed by atoms with Gasteiger partial charge in [0.2, 0.25) is 5.91 Å². The summed E-state index contributed by atoms with van der Waals surface area (Å²) in [6.45, 7) is -0.253. The fourth-order valence-electron chi connectivity index (χ4n) is 1.45. The molecule has 8 heteroatoms. The molecule has 2 aromatic rings. The average Bonchev–Trinajstić information content (AvgIpc) is 2.42. The highest BCUT2D eigenvalue weighted by Crippen LogP contribution is 2.21. The number of halogens is 3. The van der Waals surface area contributed by atoms with E-state index in [1.54, 1.807) is 18.2 Å². The molecular formula is C12H8BrCl2N3O2. The summed E-state index contributed by atoms with van der Waals surface area (Å²) in [6.07, 6.45) is 1.22. The van der Waals surface area contributed by atoms with Crippen LogP contribution in [0.3, 0.4) is 0 Å². The molecular weight excluding hydrogens is 369 g/mol. The quantitative estimate of drug-likeness (QED) is 0.895. The van der Waals surface area contributed by atoms with Crippen LogP contribution in [0.4, 0.5) is 5.69 Å². The maximum atomic E-state index is 11.9. The van der Waals surface area contributed by atoms with Gasteiger partial charge in [0.1, 0.15) is 11.6 Å². The van der Waals surface area contributed by atoms with Gasteiger partial charge in [-0.3, -0.25) is 9.59 Å². The molecule has 1 N–H and O–H groups in total. The summed E-state index contributed by atoms with van der Waals surface area (Å²) >= 11 is 14.7. The predicted molar refractivity (Wildman–Crippen MR) is 81.3 cm³/mol. The van der Waals surface area contributed by atoms with E-state index in [9.17, 15) is 9.59 Å². The summed E-state index contributed by atoms with van der Waals surface area (Å²) in [5.74, 6) is -0.398. The Balaban J connectivity index is 2.15. The van der Waals surface area contributed by atoms with E-state index < -0.39 is 11.5 Å². The molecule has 1 aromatic heterocycles. The van der Waals surface area contributed by atoms with Crippen LogP contribution in [0.1, 0.15) is 0 Å². The molecule has 0 spiro atoms. The molecule has 104 valence electrons. The lowest BCUT2D eigenvalue weighted by Gasteiger charge is -2.08. The predicted octanol–water partition coefficient (Wildman–Crippen LogP) is 2.95. The van der Waals surface area contributed by atoms with Crippen molar-refractivity contribution in [2.45, 2.75) is 6.54 Å². The molecule has 1 amide bonds. The number of carbonyl (C=O) groups is 1. The number of hydrogen-bond donors (Lipinski definition) is 1. The summed E-state index contributed by atoms with van der Waals surface area (Å²) < 4.78 is 1.68. The number of nitrogens with zero attached hydrogens (tertiary/aromatic N) is 2. The van der Waals surface area contributed by atoms with Crippen molar-refractivity contribution in [3.8, 4) is 0 Å². The third kappa shape index (κ3) is 3.39. The van der Waals surface area contributed by atoms with Crippen molar-refractivity contribution in [2.75, 3.05) is 5.32 Å². The van der Waals surface area contributed by atoms with Crippen molar-refractivity contribution in [1.82, 2.24) is 9.78 Å². The zero-order valence-electron chi connectivity index (χ0n) is 9.94. The highest BCUT2D eigenvalue weighted by atomic mass is 79.9. The van der Waals surface area contributed by atoms with Gasteiger partial charge in [0.05, 0.1) is 16.9 Å². The number of benzene rings is 1. The molecule has 0 atom stereocenters. The monoisotopic (exact) mass is 375 g/mol. The van der Waals surface area contributed by atoms with Gasteiger partial charge in [-0.05, 0) is 28.1 Å². The number of anilines is 1.